The van der Waals surface area contributed by atoms with Gasteiger partial charge in [-0.3, -0.25) is 4.79 Å². The molecule has 1 aromatic rings. The molecule has 1 aliphatic heterocycles. The minimum Gasteiger partial charge on any atom is -0.352 e. The quantitative estimate of drug-likeness (QED) is 0.874. The fourth-order valence-electron chi connectivity index (χ4n) is 2.13. The molecule has 1 heterocycles. The van der Waals surface area contributed by atoms with Gasteiger partial charge in [0.05, 0.1) is 5.92 Å². The predicted octanol–water partition coefficient (Wildman–Crippen LogP) is 2.13. The van der Waals surface area contributed by atoms with Gasteiger partial charge < -0.3 is 10.6 Å². The molecule has 1 aromatic carbocycles. The van der Waals surface area contributed by atoms with Crippen molar-refractivity contribution in [3.8, 4) is 0 Å². The molecule has 2 N–H and O–H groups in total. The van der Waals surface area contributed by atoms with Crippen molar-refractivity contribution in [1.29, 1.82) is 0 Å². The summed E-state index contributed by atoms with van der Waals surface area (Å²) in [6.45, 7) is 11.0. The molecule has 1 fully saturated rings. The van der Waals surface area contributed by atoms with Crippen molar-refractivity contribution in [2.75, 3.05) is 13.1 Å². The Morgan fingerprint density at radius 3 is 2.58 bits per heavy atom. The van der Waals surface area contributed by atoms with Crippen LogP contribution in [0.25, 0.3) is 0 Å². The van der Waals surface area contributed by atoms with Crippen molar-refractivity contribution in [3.05, 3.63) is 34.9 Å². The molecule has 1 saturated heterocycles. The van der Waals surface area contributed by atoms with Crippen LogP contribution in [0.15, 0.2) is 18.2 Å². The second-order valence-corrected chi connectivity index (χ2v) is 6.46. The molecule has 0 unspecified atom stereocenters. The third-order valence-electron chi connectivity index (χ3n) is 3.82. The van der Waals surface area contributed by atoms with Gasteiger partial charge in [-0.1, -0.05) is 39.0 Å². The summed E-state index contributed by atoms with van der Waals surface area (Å²) in [6.07, 6.45) is 0. The van der Waals surface area contributed by atoms with Crippen molar-refractivity contribution in [2.45, 2.75) is 39.7 Å². The number of aryl methyl sites for hydroxylation is 1. The maximum absolute atomic E-state index is 11.8. The second-order valence-electron chi connectivity index (χ2n) is 6.46. The molecule has 0 aromatic heterocycles. The number of carbonyl (C=O) groups is 1. The molecule has 0 saturated carbocycles. The first kappa shape index (κ1) is 14.1. The molecule has 0 radical (unpaired) electrons. The summed E-state index contributed by atoms with van der Waals surface area (Å²) in [5.74, 6) is 0.324. The number of amides is 1. The monoisotopic (exact) mass is 260 g/mol. The summed E-state index contributed by atoms with van der Waals surface area (Å²) in [6, 6.07) is 6.54. The normalized spacial score (nSPS) is 16.0. The lowest BCUT2D eigenvalue weighted by Crippen LogP contribution is -2.50. The molecular weight excluding hydrogens is 236 g/mol. The van der Waals surface area contributed by atoms with Gasteiger partial charge >= 0.3 is 0 Å². The molecule has 2 rings (SSSR count). The molecule has 3 heteroatoms. The Kier molecular flexibility index (Phi) is 3.95. The van der Waals surface area contributed by atoms with Gasteiger partial charge in [-0.25, -0.2) is 0 Å². The molecular formula is C16H24N2O. The minimum absolute atomic E-state index is 0.143. The maximum atomic E-state index is 11.8. The largest absolute Gasteiger partial charge is 0.352 e. The van der Waals surface area contributed by atoms with E-state index < -0.39 is 0 Å². The number of carbonyl (C=O) groups excluding carboxylic acids is 1. The zero-order valence-electron chi connectivity index (χ0n) is 12.3. The van der Waals surface area contributed by atoms with Crippen LogP contribution in [-0.4, -0.2) is 19.0 Å². The van der Waals surface area contributed by atoms with Crippen LogP contribution >= 0.6 is 0 Å². The Morgan fingerprint density at radius 2 is 2.05 bits per heavy atom. The highest BCUT2D eigenvalue weighted by Gasteiger charge is 2.24. The van der Waals surface area contributed by atoms with Crippen LogP contribution in [0.4, 0.5) is 0 Å². The van der Waals surface area contributed by atoms with E-state index in [2.05, 4.69) is 56.5 Å². The summed E-state index contributed by atoms with van der Waals surface area (Å²) in [5, 5.41) is 6.16. The lowest BCUT2D eigenvalue weighted by atomic mass is 9.85. The highest BCUT2D eigenvalue weighted by Crippen LogP contribution is 2.24. The lowest BCUT2D eigenvalue weighted by molar-refractivity contribution is -0.126. The molecule has 1 amide bonds. The van der Waals surface area contributed by atoms with E-state index in [9.17, 15) is 4.79 Å². The Labute approximate surface area is 115 Å². The van der Waals surface area contributed by atoms with Gasteiger partial charge in [-0.05, 0) is 29.0 Å². The van der Waals surface area contributed by atoms with E-state index in [-0.39, 0.29) is 17.2 Å². The van der Waals surface area contributed by atoms with Crippen LogP contribution in [-0.2, 0) is 16.8 Å². The average Bonchev–Trinajstić information content (AvgIpc) is 2.24. The zero-order valence-corrected chi connectivity index (χ0v) is 12.3. The minimum atomic E-state index is 0.143. The topological polar surface area (TPSA) is 41.1 Å². The molecule has 0 atom stereocenters. The Hall–Kier alpha value is -1.35. The second kappa shape index (κ2) is 5.33. The van der Waals surface area contributed by atoms with Crippen molar-refractivity contribution in [3.63, 3.8) is 0 Å². The standard InChI is InChI=1S/C16H24N2O/c1-11-5-6-14(16(2,3)4)7-12(11)10-18-15(19)13-8-17-9-13/h5-7,13,17H,8-10H2,1-4H3,(H,18,19). The molecule has 3 nitrogen and oxygen atoms in total. The van der Waals surface area contributed by atoms with Crippen LogP contribution in [0, 0.1) is 12.8 Å². The van der Waals surface area contributed by atoms with E-state index >= 15 is 0 Å². The highest BCUT2D eigenvalue weighted by atomic mass is 16.2. The smallest absolute Gasteiger partial charge is 0.225 e. The number of hydrogen-bond acceptors (Lipinski definition) is 2. The molecule has 0 spiro atoms. The molecule has 0 aliphatic carbocycles. The fourth-order valence-corrected chi connectivity index (χ4v) is 2.13. The first-order chi connectivity index (χ1) is 8.88. The first-order valence-corrected chi connectivity index (χ1v) is 6.96. The van der Waals surface area contributed by atoms with Gasteiger partial charge in [0.2, 0.25) is 5.91 Å². The van der Waals surface area contributed by atoms with Gasteiger partial charge in [0.15, 0.2) is 0 Å². The van der Waals surface area contributed by atoms with Gasteiger partial charge in [-0.15, -0.1) is 0 Å². The van der Waals surface area contributed by atoms with Crippen LogP contribution in [0.3, 0.4) is 0 Å². The fraction of sp³-hybridized carbons (Fsp3) is 0.562. The number of nitrogens with one attached hydrogen (secondary N) is 2. The lowest BCUT2D eigenvalue weighted by Gasteiger charge is -2.26. The van der Waals surface area contributed by atoms with E-state index in [0.29, 0.717) is 6.54 Å². The van der Waals surface area contributed by atoms with Crippen molar-refractivity contribution in [1.82, 2.24) is 10.6 Å². The average molecular weight is 260 g/mol. The van der Waals surface area contributed by atoms with Gasteiger partial charge in [-0.2, -0.15) is 0 Å². The summed E-state index contributed by atoms with van der Waals surface area (Å²) in [5.41, 5.74) is 3.91. The SMILES string of the molecule is Cc1ccc(C(C)(C)C)cc1CNC(=O)C1CNC1. The summed E-state index contributed by atoms with van der Waals surface area (Å²) < 4.78 is 0. The van der Waals surface area contributed by atoms with Gasteiger partial charge in [0.1, 0.15) is 0 Å². The van der Waals surface area contributed by atoms with E-state index in [1.54, 1.807) is 0 Å². The summed E-state index contributed by atoms with van der Waals surface area (Å²) in [4.78, 5) is 11.8. The molecule has 1 aliphatic rings. The number of hydrogen-bond donors (Lipinski definition) is 2. The van der Waals surface area contributed by atoms with Gasteiger partial charge in [0, 0.05) is 19.6 Å². The third-order valence-corrected chi connectivity index (χ3v) is 3.82. The van der Waals surface area contributed by atoms with Crippen molar-refractivity contribution < 1.29 is 4.79 Å². The maximum Gasteiger partial charge on any atom is 0.225 e. The van der Waals surface area contributed by atoms with E-state index in [1.807, 2.05) is 0 Å². The van der Waals surface area contributed by atoms with Crippen LogP contribution < -0.4 is 10.6 Å². The third kappa shape index (κ3) is 3.35. The molecule has 104 valence electrons. The summed E-state index contributed by atoms with van der Waals surface area (Å²) >= 11 is 0. The zero-order chi connectivity index (χ0) is 14.0. The van der Waals surface area contributed by atoms with Crippen LogP contribution in [0.5, 0.6) is 0 Å². The van der Waals surface area contributed by atoms with E-state index in [1.165, 1.54) is 16.7 Å². The van der Waals surface area contributed by atoms with Crippen molar-refractivity contribution >= 4 is 5.91 Å². The number of rotatable bonds is 3. The molecule has 0 bridgehead atoms. The highest BCUT2D eigenvalue weighted by molar-refractivity contribution is 5.80. The van der Waals surface area contributed by atoms with Crippen molar-refractivity contribution in [2.24, 2.45) is 5.92 Å². The first-order valence-electron chi connectivity index (χ1n) is 6.96. The Balaban J connectivity index is 2.04. The number of benzene rings is 1. The molecule has 19 heavy (non-hydrogen) atoms. The van der Waals surface area contributed by atoms with E-state index in [0.717, 1.165) is 13.1 Å². The Bertz CT molecular complexity index is 470. The van der Waals surface area contributed by atoms with Gasteiger partial charge in [0.25, 0.3) is 0 Å². The summed E-state index contributed by atoms with van der Waals surface area (Å²) in [7, 11) is 0. The van der Waals surface area contributed by atoms with Crippen LogP contribution in [0.2, 0.25) is 0 Å². The van der Waals surface area contributed by atoms with E-state index in [4.69, 9.17) is 0 Å². The predicted molar refractivity (Wildman–Crippen MR) is 78.1 cm³/mol. The Morgan fingerprint density at radius 1 is 1.37 bits per heavy atom. The van der Waals surface area contributed by atoms with Crippen LogP contribution in [0.1, 0.15) is 37.5 Å².